The van der Waals surface area contributed by atoms with Crippen molar-refractivity contribution in [2.45, 2.75) is 6.61 Å². The Kier molecular flexibility index (Phi) is 8.17. The average molecular weight is 797 g/mol. The van der Waals surface area contributed by atoms with Gasteiger partial charge in [0.2, 0.25) is 5.82 Å². The third kappa shape index (κ3) is 5.86. The van der Waals surface area contributed by atoms with Crippen LogP contribution in [0.15, 0.2) is 99.2 Å². The van der Waals surface area contributed by atoms with E-state index in [1.54, 1.807) is 61.9 Å². The largest absolute Gasteiger partial charge is 0.496 e. The third-order valence-corrected chi connectivity index (χ3v) is 8.25. The molecule has 0 fully saturated rings. The third-order valence-electron chi connectivity index (χ3n) is 6.64. The van der Waals surface area contributed by atoms with Crippen LogP contribution >= 0.6 is 45.2 Å². The first-order valence-electron chi connectivity index (χ1n) is 12.9. The summed E-state index contributed by atoms with van der Waals surface area (Å²) in [5.41, 5.74) is 2.63. The number of nitrogens with zero attached hydrogens (tertiary/aromatic N) is 3. The smallest absolute Gasteiger partial charge is 0.335 e. The first-order valence-corrected chi connectivity index (χ1v) is 15.1. The van der Waals surface area contributed by atoms with E-state index in [4.69, 9.17) is 24.0 Å². The number of aromatic carboxylic acids is 1. The van der Waals surface area contributed by atoms with Crippen LogP contribution in [0.1, 0.15) is 21.5 Å². The number of carboxylic acids is 1. The lowest BCUT2D eigenvalue weighted by Gasteiger charge is -2.12. The van der Waals surface area contributed by atoms with E-state index in [0.29, 0.717) is 33.7 Å². The van der Waals surface area contributed by atoms with Crippen molar-refractivity contribution in [3.05, 3.63) is 119 Å². The molecule has 0 saturated heterocycles. The van der Waals surface area contributed by atoms with Crippen LogP contribution in [-0.4, -0.2) is 34.1 Å². The number of hydrogen-bond acceptors (Lipinski definition) is 7. The van der Waals surface area contributed by atoms with Crippen LogP contribution in [0.5, 0.6) is 11.5 Å². The molecule has 11 heteroatoms. The molecule has 1 N–H and O–H groups in total. The number of halogens is 2. The van der Waals surface area contributed by atoms with Gasteiger partial charge in [-0.05, 0) is 111 Å². The van der Waals surface area contributed by atoms with Gasteiger partial charge in [-0.1, -0.05) is 30.3 Å². The summed E-state index contributed by atoms with van der Waals surface area (Å²) in [6, 6.07) is 24.8. The number of para-hydroxylation sites is 1. The van der Waals surface area contributed by atoms with Gasteiger partial charge in [0.25, 0.3) is 5.56 Å². The number of carbonyl (C=O) groups is 1. The Morgan fingerprint density at radius 1 is 1.00 bits per heavy atom. The summed E-state index contributed by atoms with van der Waals surface area (Å²) in [5, 5.41) is 14.9. The Hall–Kier alpha value is -4.24. The predicted octanol–water partition coefficient (Wildman–Crippen LogP) is 7.19. The van der Waals surface area contributed by atoms with Gasteiger partial charge >= 0.3 is 5.97 Å². The van der Waals surface area contributed by atoms with Crippen LogP contribution < -0.4 is 15.0 Å². The molecule has 0 aliphatic rings. The quantitative estimate of drug-likeness (QED) is 0.128. The zero-order valence-electron chi connectivity index (χ0n) is 22.5. The highest BCUT2D eigenvalue weighted by Gasteiger charge is 2.18. The van der Waals surface area contributed by atoms with Crippen molar-refractivity contribution in [1.29, 1.82) is 0 Å². The molecule has 0 saturated carbocycles. The molecule has 0 radical (unpaired) electrons. The number of carboxylic acid groups (broad SMARTS) is 1. The second kappa shape index (κ2) is 12.2. The maximum absolute atomic E-state index is 13.6. The lowest BCUT2D eigenvalue weighted by atomic mass is 10.1. The van der Waals surface area contributed by atoms with E-state index in [9.17, 15) is 9.59 Å². The van der Waals surface area contributed by atoms with Gasteiger partial charge in [-0.3, -0.25) is 4.79 Å². The van der Waals surface area contributed by atoms with E-state index in [1.165, 1.54) is 4.68 Å². The van der Waals surface area contributed by atoms with Crippen LogP contribution in [0.3, 0.4) is 0 Å². The average Bonchev–Trinajstić information content (AvgIpc) is 3.45. The maximum atomic E-state index is 13.6. The monoisotopic (exact) mass is 797 g/mol. The number of aromatic nitrogens is 2. The minimum Gasteiger partial charge on any atom is -0.496 e. The van der Waals surface area contributed by atoms with E-state index in [0.717, 1.165) is 23.7 Å². The van der Waals surface area contributed by atoms with Crippen LogP contribution in [0.4, 0.5) is 0 Å². The number of rotatable bonds is 8. The van der Waals surface area contributed by atoms with E-state index in [-0.39, 0.29) is 23.6 Å². The number of methoxy groups -OCH3 is 1. The topological polar surface area (TPSA) is 116 Å². The molecule has 0 aliphatic carbocycles. The lowest BCUT2D eigenvalue weighted by molar-refractivity contribution is 0.0697. The van der Waals surface area contributed by atoms with Crippen molar-refractivity contribution in [3.8, 4) is 23.1 Å². The van der Waals surface area contributed by atoms with Gasteiger partial charge in [0.1, 0.15) is 23.7 Å². The number of fused-ring (bicyclic) bond motifs is 2. The zero-order valence-corrected chi connectivity index (χ0v) is 26.8. The molecule has 9 nitrogen and oxygen atoms in total. The molecular formula is C32H21I2N3O6. The summed E-state index contributed by atoms with van der Waals surface area (Å²) in [4.78, 5) is 29.5. The molecule has 0 unspecified atom stereocenters. The van der Waals surface area contributed by atoms with Crippen LogP contribution in [0.2, 0.25) is 0 Å². The fourth-order valence-corrected chi connectivity index (χ4v) is 6.66. The highest BCUT2D eigenvalue weighted by molar-refractivity contribution is 14.1. The minimum absolute atomic E-state index is 0.223. The molecule has 0 amide bonds. The van der Waals surface area contributed by atoms with Crippen molar-refractivity contribution in [2.75, 3.05) is 7.11 Å². The van der Waals surface area contributed by atoms with Crippen LogP contribution in [0, 0.1) is 7.14 Å². The summed E-state index contributed by atoms with van der Waals surface area (Å²) < 4.78 is 20.6. The Balaban J connectivity index is 1.35. The van der Waals surface area contributed by atoms with Gasteiger partial charge < -0.3 is 19.0 Å². The summed E-state index contributed by atoms with van der Waals surface area (Å²) >= 11 is 4.39. The van der Waals surface area contributed by atoms with Gasteiger partial charge in [-0.15, -0.1) is 0 Å². The van der Waals surface area contributed by atoms with Crippen molar-refractivity contribution < 1.29 is 23.8 Å². The summed E-state index contributed by atoms with van der Waals surface area (Å²) in [6.45, 7) is 0.281. The normalized spacial score (nSPS) is 11.4. The predicted molar refractivity (Wildman–Crippen MR) is 180 cm³/mol. The van der Waals surface area contributed by atoms with Gasteiger partial charge in [0.15, 0.2) is 5.76 Å². The molecule has 0 spiro atoms. The van der Waals surface area contributed by atoms with E-state index < -0.39 is 5.97 Å². The Labute approximate surface area is 272 Å². The van der Waals surface area contributed by atoms with Gasteiger partial charge in [-0.25, -0.2) is 9.78 Å². The van der Waals surface area contributed by atoms with Crippen LogP contribution in [0.25, 0.3) is 33.5 Å². The molecule has 2 aromatic heterocycles. The van der Waals surface area contributed by atoms with Gasteiger partial charge in [0.05, 0.1) is 42.3 Å². The molecule has 0 bridgehead atoms. The molecule has 6 aromatic rings. The molecule has 0 aliphatic heterocycles. The van der Waals surface area contributed by atoms with Crippen molar-refractivity contribution in [1.82, 2.24) is 9.66 Å². The molecule has 0 atom stereocenters. The highest BCUT2D eigenvalue weighted by Crippen LogP contribution is 2.33. The number of ether oxygens (including phenoxy) is 2. The van der Waals surface area contributed by atoms with Crippen molar-refractivity contribution in [2.24, 2.45) is 5.10 Å². The number of hydrogen-bond donors (Lipinski definition) is 1. The fourth-order valence-electron chi connectivity index (χ4n) is 4.53. The van der Waals surface area contributed by atoms with E-state index in [2.05, 4.69) is 50.3 Å². The molecule has 6 rings (SSSR count). The Morgan fingerprint density at radius 3 is 2.47 bits per heavy atom. The number of furan rings is 1. The first kappa shape index (κ1) is 28.9. The maximum Gasteiger partial charge on any atom is 0.335 e. The Morgan fingerprint density at radius 2 is 1.74 bits per heavy atom. The fraction of sp³-hybridized carbons (Fsp3) is 0.0625. The second-order valence-electron chi connectivity index (χ2n) is 9.40. The highest BCUT2D eigenvalue weighted by atomic mass is 127. The van der Waals surface area contributed by atoms with E-state index >= 15 is 0 Å². The lowest BCUT2D eigenvalue weighted by Crippen LogP contribution is -2.20. The Bertz CT molecular complexity index is 2080. The second-order valence-corrected chi connectivity index (χ2v) is 11.7. The molecule has 214 valence electrons. The summed E-state index contributed by atoms with van der Waals surface area (Å²) in [7, 11) is 1.59. The molecule has 4 aromatic carbocycles. The SMILES string of the molecule is COc1cccc2oc(-c3nc4ccccc4c(=O)n3N=Cc3cc(I)c(OCc4ccc(C(=O)O)cc4)c(I)c3)cc12. The molecular weight excluding hydrogens is 776 g/mol. The van der Waals surface area contributed by atoms with Gasteiger partial charge in [0, 0.05) is 0 Å². The molecule has 2 heterocycles. The standard InChI is InChI=1S/C32H21I2N3O6/c1-41-26-7-4-8-27-22(26)15-28(43-27)30-36-25-6-3-2-5-21(25)31(38)37(30)35-16-19-13-23(33)29(24(34)14-19)42-17-18-9-11-20(12-10-18)32(39)40/h2-16H,17H2,1H3,(H,39,40). The minimum atomic E-state index is -0.972. The zero-order chi connectivity index (χ0) is 30.1. The van der Waals surface area contributed by atoms with Crippen molar-refractivity contribution >= 4 is 79.2 Å². The summed E-state index contributed by atoms with van der Waals surface area (Å²) in [6.07, 6.45) is 1.60. The van der Waals surface area contributed by atoms with Crippen LogP contribution in [-0.2, 0) is 6.61 Å². The van der Waals surface area contributed by atoms with Crippen molar-refractivity contribution in [3.63, 3.8) is 0 Å². The van der Waals surface area contributed by atoms with E-state index in [1.807, 2.05) is 36.4 Å². The number of benzene rings is 4. The van der Waals surface area contributed by atoms with Gasteiger partial charge in [-0.2, -0.15) is 9.78 Å². The molecule has 43 heavy (non-hydrogen) atoms. The first-order chi connectivity index (χ1) is 20.8. The summed E-state index contributed by atoms with van der Waals surface area (Å²) in [5.74, 6) is 1.01.